The Morgan fingerprint density at radius 2 is 1.89 bits per heavy atom. The van der Waals surface area contributed by atoms with Crippen LogP contribution >= 0.6 is 0 Å². The lowest BCUT2D eigenvalue weighted by atomic mass is 9.45. The number of hydrogen-bond acceptors (Lipinski definition) is 3. The van der Waals surface area contributed by atoms with Crippen molar-refractivity contribution in [3.63, 3.8) is 0 Å². The van der Waals surface area contributed by atoms with Crippen molar-refractivity contribution >= 4 is 0 Å². The van der Waals surface area contributed by atoms with Crippen molar-refractivity contribution in [1.29, 1.82) is 0 Å². The molecule has 3 nitrogen and oxygen atoms in total. The van der Waals surface area contributed by atoms with Gasteiger partial charge in [0, 0.05) is 13.7 Å². The van der Waals surface area contributed by atoms with Crippen molar-refractivity contribution in [2.75, 3.05) is 13.7 Å². The molecule has 0 aliphatic heterocycles. The van der Waals surface area contributed by atoms with Gasteiger partial charge >= 0.3 is 0 Å². The Bertz CT molecular complexity index is 558. The summed E-state index contributed by atoms with van der Waals surface area (Å²) in [4.78, 5) is 0. The first-order valence-electron chi connectivity index (χ1n) is 11.7. The molecule has 0 saturated heterocycles. The second-order valence-corrected chi connectivity index (χ2v) is 10.6. The van der Waals surface area contributed by atoms with Gasteiger partial charge < -0.3 is 14.6 Å². The molecule has 8 atom stereocenters. The smallest absolute Gasteiger partial charge is 0.0876 e. The van der Waals surface area contributed by atoms with E-state index >= 15 is 0 Å². The van der Waals surface area contributed by atoms with E-state index in [-0.39, 0.29) is 35.7 Å². The average molecular weight is 393 g/mol. The van der Waals surface area contributed by atoms with Gasteiger partial charge in [-0.2, -0.15) is 0 Å². The Balaban J connectivity index is 2.07. The van der Waals surface area contributed by atoms with Gasteiger partial charge in [0.2, 0.25) is 0 Å². The summed E-state index contributed by atoms with van der Waals surface area (Å²) in [6.07, 6.45) is 8.51. The Morgan fingerprint density at radius 1 is 1.18 bits per heavy atom. The van der Waals surface area contributed by atoms with Crippen LogP contribution < -0.4 is 0 Å². The maximum Gasteiger partial charge on any atom is 0.0876 e. The number of hydrogen-bond donors (Lipinski definition) is 1. The molecule has 3 aliphatic rings. The molecule has 0 aromatic rings. The molecule has 0 radical (unpaired) electrons. The highest BCUT2D eigenvalue weighted by molar-refractivity contribution is 5.23. The van der Waals surface area contributed by atoms with Gasteiger partial charge in [-0.05, 0) is 86.9 Å². The summed E-state index contributed by atoms with van der Waals surface area (Å²) >= 11 is 0. The largest absolute Gasteiger partial charge is 0.396 e. The minimum atomic E-state index is 0.133. The third-order valence-corrected chi connectivity index (χ3v) is 9.10. The second-order valence-electron chi connectivity index (χ2n) is 10.6. The quantitative estimate of drug-likeness (QED) is 0.572. The number of aliphatic hydroxyl groups excluding tert-OH is 1. The van der Waals surface area contributed by atoms with Crippen LogP contribution in [0.2, 0.25) is 0 Å². The third kappa shape index (κ3) is 3.40. The van der Waals surface area contributed by atoms with E-state index in [0.29, 0.717) is 23.7 Å². The minimum absolute atomic E-state index is 0.133. The van der Waals surface area contributed by atoms with Crippen LogP contribution in [0, 0.1) is 34.5 Å². The van der Waals surface area contributed by atoms with E-state index in [0.717, 1.165) is 19.3 Å². The number of aliphatic hydroxyl groups is 1. The predicted octanol–water partition coefficient (Wildman–Crippen LogP) is 5.61. The number of methoxy groups -OCH3 is 1. The fourth-order valence-electron chi connectivity index (χ4n) is 7.74. The zero-order chi connectivity index (χ0) is 20.7. The Kier molecular flexibility index (Phi) is 6.69. The molecule has 1 N–H and O–H groups in total. The summed E-state index contributed by atoms with van der Waals surface area (Å²) in [6, 6.07) is 0. The second kappa shape index (κ2) is 8.40. The molecule has 3 saturated carbocycles. The van der Waals surface area contributed by atoms with Crippen LogP contribution in [0.5, 0.6) is 0 Å². The van der Waals surface area contributed by atoms with E-state index < -0.39 is 0 Å². The minimum Gasteiger partial charge on any atom is -0.396 e. The van der Waals surface area contributed by atoms with E-state index in [4.69, 9.17) is 9.47 Å². The van der Waals surface area contributed by atoms with Crippen molar-refractivity contribution in [2.45, 2.75) is 97.9 Å². The molecule has 0 aromatic carbocycles. The van der Waals surface area contributed by atoms with E-state index in [1.807, 2.05) is 7.11 Å². The van der Waals surface area contributed by atoms with Gasteiger partial charge in [-0.1, -0.05) is 39.3 Å². The highest BCUT2D eigenvalue weighted by Crippen LogP contribution is 2.66. The molecule has 0 amide bonds. The first-order chi connectivity index (χ1) is 13.2. The summed E-state index contributed by atoms with van der Waals surface area (Å²) in [5.41, 5.74) is 1.92. The normalized spacial score (nSPS) is 45.9. The van der Waals surface area contributed by atoms with E-state index in [9.17, 15) is 5.11 Å². The highest BCUT2D eigenvalue weighted by Gasteiger charge is 2.63. The van der Waals surface area contributed by atoms with Crippen molar-refractivity contribution in [2.24, 2.45) is 34.5 Å². The van der Waals surface area contributed by atoms with Crippen LogP contribution in [-0.4, -0.2) is 37.1 Å². The first-order valence-corrected chi connectivity index (χ1v) is 11.7. The van der Waals surface area contributed by atoms with Crippen molar-refractivity contribution in [1.82, 2.24) is 0 Å². The summed E-state index contributed by atoms with van der Waals surface area (Å²) in [5.74, 6) is 2.29. The molecule has 0 bridgehead atoms. The Morgan fingerprint density at radius 3 is 2.46 bits per heavy atom. The lowest BCUT2D eigenvalue weighted by Crippen LogP contribution is -2.63. The third-order valence-electron chi connectivity index (χ3n) is 9.10. The Hall–Kier alpha value is -0.380. The molecule has 0 heterocycles. The molecule has 3 rings (SSSR count). The molecular weight excluding hydrogens is 348 g/mol. The Labute approximate surface area is 173 Å². The van der Waals surface area contributed by atoms with Crippen LogP contribution in [0.3, 0.4) is 0 Å². The number of rotatable bonds is 7. The lowest BCUT2D eigenvalue weighted by molar-refractivity contribution is -0.233. The zero-order valence-corrected chi connectivity index (χ0v) is 19.2. The van der Waals surface area contributed by atoms with Crippen LogP contribution in [-0.2, 0) is 9.47 Å². The molecule has 0 aromatic heterocycles. The van der Waals surface area contributed by atoms with Crippen LogP contribution in [0.25, 0.3) is 0 Å². The summed E-state index contributed by atoms with van der Waals surface area (Å²) in [5, 5.41) is 9.62. The summed E-state index contributed by atoms with van der Waals surface area (Å²) in [6.45, 7) is 16.4. The van der Waals surface area contributed by atoms with E-state index in [2.05, 4.69) is 41.2 Å². The van der Waals surface area contributed by atoms with Gasteiger partial charge in [0.25, 0.3) is 0 Å². The average Bonchev–Trinajstić information content (AvgIpc) is 2.96. The number of allylic oxidation sites excluding steroid dienone is 1. The van der Waals surface area contributed by atoms with Crippen molar-refractivity contribution < 1.29 is 14.6 Å². The van der Waals surface area contributed by atoms with Gasteiger partial charge in [-0.15, -0.1) is 0 Å². The molecule has 3 aliphatic carbocycles. The summed E-state index contributed by atoms with van der Waals surface area (Å²) in [7, 11) is 1.88. The molecule has 162 valence electrons. The van der Waals surface area contributed by atoms with Crippen molar-refractivity contribution in [3.8, 4) is 0 Å². The number of fused-ring (bicyclic) bond motifs is 3. The van der Waals surface area contributed by atoms with Gasteiger partial charge in [-0.3, -0.25) is 0 Å². The topological polar surface area (TPSA) is 38.7 Å². The lowest BCUT2D eigenvalue weighted by Gasteiger charge is -2.63. The van der Waals surface area contributed by atoms with Gasteiger partial charge in [-0.25, -0.2) is 0 Å². The van der Waals surface area contributed by atoms with Crippen molar-refractivity contribution in [3.05, 3.63) is 12.2 Å². The maximum absolute atomic E-state index is 9.62. The van der Waals surface area contributed by atoms with Gasteiger partial charge in [0.1, 0.15) is 0 Å². The van der Waals surface area contributed by atoms with Gasteiger partial charge in [0.05, 0.1) is 18.3 Å². The van der Waals surface area contributed by atoms with Crippen LogP contribution in [0.4, 0.5) is 0 Å². The van der Waals surface area contributed by atoms with Crippen LogP contribution in [0.1, 0.15) is 79.6 Å². The highest BCUT2D eigenvalue weighted by atomic mass is 16.5. The molecular formula is C25H44O3. The SMILES string of the molecule is C=C1CCC2C3C(OC(C)C)[C@H](OC)C(CC)[C@](C)(CCCO)C3CC[C@]12C. The fourth-order valence-corrected chi connectivity index (χ4v) is 7.74. The van der Waals surface area contributed by atoms with Crippen LogP contribution in [0.15, 0.2) is 12.2 Å². The monoisotopic (exact) mass is 392 g/mol. The zero-order valence-electron chi connectivity index (χ0n) is 19.2. The standard InChI is InChI=1S/C25H44O3/c1-8-18-22(27-7)23(28-16(2)3)21-19-11-10-17(4)24(19,5)14-12-20(21)25(18,6)13-9-15-26/h16,18-23,26H,4,8-15H2,1-3,5-7H3/t18?,19?,20?,21?,22-,23?,24-,25+/m1/s1. The predicted molar refractivity (Wildman–Crippen MR) is 115 cm³/mol. The molecule has 0 spiro atoms. The molecule has 3 fully saturated rings. The number of ether oxygens (including phenoxy) is 2. The fraction of sp³-hybridized carbons (Fsp3) is 0.920. The molecule has 3 heteroatoms. The maximum atomic E-state index is 9.62. The van der Waals surface area contributed by atoms with E-state index in [1.165, 1.54) is 31.3 Å². The first kappa shape index (κ1) is 22.3. The van der Waals surface area contributed by atoms with Gasteiger partial charge in [0.15, 0.2) is 0 Å². The summed E-state index contributed by atoms with van der Waals surface area (Å²) < 4.78 is 12.9. The molecule has 28 heavy (non-hydrogen) atoms. The molecule has 5 unspecified atom stereocenters. The van der Waals surface area contributed by atoms with E-state index in [1.54, 1.807) is 0 Å².